The number of carbonyl (C=O) groups excluding carboxylic acids is 1. The van der Waals surface area contributed by atoms with Gasteiger partial charge in [-0.15, -0.1) is 6.58 Å². The molecule has 0 bridgehead atoms. The fraction of sp³-hybridized carbons (Fsp3) is 0.143. The van der Waals surface area contributed by atoms with Gasteiger partial charge in [0.2, 0.25) is 0 Å². The number of benzene rings is 3. The highest BCUT2D eigenvalue weighted by Gasteiger charge is 2.15. The lowest BCUT2D eigenvalue weighted by Crippen LogP contribution is -2.16. The van der Waals surface area contributed by atoms with Crippen LogP contribution in [-0.2, 0) is 13.0 Å². The number of amides is 1. The van der Waals surface area contributed by atoms with Crippen molar-refractivity contribution in [3.05, 3.63) is 106 Å². The van der Waals surface area contributed by atoms with E-state index in [1.807, 2.05) is 37.3 Å². The predicted molar refractivity (Wildman–Crippen MR) is 144 cm³/mol. The van der Waals surface area contributed by atoms with Crippen LogP contribution in [0, 0.1) is 0 Å². The first-order valence-corrected chi connectivity index (χ1v) is 12.0. The van der Waals surface area contributed by atoms with Crippen molar-refractivity contribution in [1.29, 1.82) is 0 Å². The highest BCUT2D eigenvalue weighted by atomic mass is 35.5. The summed E-state index contributed by atoms with van der Waals surface area (Å²) in [7, 11) is 0. The molecule has 0 spiro atoms. The Kier molecular flexibility index (Phi) is 8.31. The second-order valence-electron chi connectivity index (χ2n) is 7.82. The van der Waals surface area contributed by atoms with Crippen LogP contribution in [0.1, 0.15) is 34.2 Å². The van der Waals surface area contributed by atoms with Gasteiger partial charge in [0.1, 0.15) is 12.2 Å². The number of nitrogens with one attached hydrogen (secondary N) is 1. The van der Waals surface area contributed by atoms with Crippen molar-refractivity contribution >= 4 is 46.3 Å². The summed E-state index contributed by atoms with van der Waals surface area (Å²) in [5.74, 6) is 0.899. The Morgan fingerprint density at radius 2 is 1.92 bits per heavy atom. The van der Waals surface area contributed by atoms with Crippen molar-refractivity contribution in [3.63, 3.8) is 0 Å². The minimum Gasteiger partial charge on any atom is -0.490 e. The molecule has 36 heavy (non-hydrogen) atoms. The number of furan rings is 1. The third kappa shape index (κ3) is 6.08. The highest BCUT2D eigenvalue weighted by molar-refractivity contribution is 6.42. The van der Waals surface area contributed by atoms with Gasteiger partial charge in [0.15, 0.2) is 17.3 Å². The minimum absolute atomic E-state index is 0.182. The fourth-order valence-electron chi connectivity index (χ4n) is 3.59. The number of nitrogens with zero attached hydrogens (tertiary/aromatic N) is 1. The number of hydrogen-bond donors (Lipinski definition) is 1. The summed E-state index contributed by atoms with van der Waals surface area (Å²) in [4.78, 5) is 12.5. The lowest BCUT2D eigenvalue weighted by atomic mass is 10.1. The number of para-hydroxylation sites is 1. The maximum absolute atomic E-state index is 12.5. The molecule has 1 amide bonds. The van der Waals surface area contributed by atoms with E-state index in [9.17, 15) is 4.79 Å². The minimum atomic E-state index is -0.444. The zero-order valence-electron chi connectivity index (χ0n) is 19.6. The van der Waals surface area contributed by atoms with Crippen LogP contribution in [0.2, 0.25) is 10.0 Å². The topological polar surface area (TPSA) is 73.1 Å². The van der Waals surface area contributed by atoms with Crippen LogP contribution in [-0.4, -0.2) is 18.7 Å². The van der Waals surface area contributed by atoms with E-state index in [0.717, 1.165) is 22.1 Å². The van der Waals surface area contributed by atoms with Gasteiger partial charge in [0, 0.05) is 10.9 Å². The number of fused-ring (bicyclic) bond motifs is 1. The standard InChI is InChI=1S/C28H24Cl2N2O4/c1-3-7-21-12-19(16-31-32-28(33)26-15-20-8-5-6-9-24(20)36-26)14-25(34-4-2)27(21)35-17-18-10-11-22(29)23(30)13-18/h3,5-6,8-16H,1,4,7,17H2,2H3,(H,32,33)/b31-16+. The van der Waals surface area contributed by atoms with Gasteiger partial charge in [-0.05, 0) is 60.9 Å². The first-order valence-electron chi connectivity index (χ1n) is 11.3. The summed E-state index contributed by atoms with van der Waals surface area (Å²) < 4.78 is 17.6. The van der Waals surface area contributed by atoms with Gasteiger partial charge in [0.05, 0.1) is 22.9 Å². The summed E-state index contributed by atoms with van der Waals surface area (Å²) in [5.41, 5.74) is 5.60. The molecule has 1 heterocycles. The molecule has 0 aliphatic carbocycles. The summed E-state index contributed by atoms with van der Waals surface area (Å²) in [6, 6.07) is 18.1. The average molecular weight is 523 g/mol. The molecule has 3 aromatic carbocycles. The largest absolute Gasteiger partial charge is 0.490 e. The lowest BCUT2D eigenvalue weighted by molar-refractivity contribution is 0.0929. The molecule has 0 saturated carbocycles. The van der Waals surface area contributed by atoms with Crippen LogP contribution in [0.25, 0.3) is 11.0 Å². The predicted octanol–water partition coefficient (Wildman–Crippen LogP) is 7.21. The van der Waals surface area contributed by atoms with Gasteiger partial charge in [-0.1, -0.05) is 53.5 Å². The van der Waals surface area contributed by atoms with Crippen LogP contribution in [0.4, 0.5) is 0 Å². The molecule has 6 nitrogen and oxygen atoms in total. The SMILES string of the molecule is C=CCc1cc(/C=N/NC(=O)c2cc3ccccc3o2)cc(OCC)c1OCc1ccc(Cl)c(Cl)c1. The Hall–Kier alpha value is -3.74. The van der Waals surface area contributed by atoms with E-state index in [0.29, 0.717) is 40.2 Å². The van der Waals surface area contributed by atoms with Gasteiger partial charge >= 0.3 is 5.91 Å². The molecular weight excluding hydrogens is 499 g/mol. The zero-order chi connectivity index (χ0) is 25.5. The van der Waals surface area contributed by atoms with Crippen LogP contribution in [0.5, 0.6) is 11.5 Å². The first-order chi connectivity index (χ1) is 17.5. The summed E-state index contributed by atoms with van der Waals surface area (Å²) in [6.07, 6.45) is 3.86. The molecule has 0 aliphatic rings. The number of halogens is 2. The maximum atomic E-state index is 12.5. The number of hydrogen-bond acceptors (Lipinski definition) is 5. The molecule has 0 atom stereocenters. The number of hydrazone groups is 1. The van der Waals surface area contributed by atoms with Crippen molar-refractivity contribution in [2.75, 3.05) is 6.61 Å². The van der Waals surface area contributed by atoms with Gasteiger partial charge in [-0.3, -0.25) is 4.79 Å². The van der Waals surface area contributed by atoms with Gasteiger partial charge < -0.3 is 13.9 Å². The van der Waals surface area contributed by atoms with Gasteiger partial charge in [0.25, 0.3) is 0 Å². The molecule has 0 fully saturated rings. The Labute approximate surface area is 219 Å². The van der Waals surface area contributed by atoms with E-state index < -0.39 is 5.91 Å². The Morgan fingerprint density at radius 3 is 2.67 bits per heavy atom. The summed E-state index contributed by atoms with van der Waals surface area (Å²) in [5, 5.41) is 5.89. The third-order valence-corrected chi connectivity index (χ3v) is 5.95. The Balaban J connectivity index is 1.53. The van der Waals surface area contributed by atoms with E-state index in [4.69, 9.17) is 37.1 Å². The third-order valence-electron chi connectivity index (χ3n) is 5.21. The Bertz CT molecular complexity index is 1400. The lowest BCUT2D eigenvalue weighted by Gasteiger charge is -2.17. The quantitative estimate of drug-likeness (QED) is 0.135. The Morgan fingerprint density at radius 1 is 1.08 bits per heavy atom. The molecule has 1 N–H and O–H groups in total. The van der Waals surface area contributed by atoms with Crippen LogP contribution in [0.3, 0.4) is 0 Å². The molecule has 0 aliphatic heterocycles. The molecule has 4 rings (SSSR count). The molecule has 4 aromatic rings. The van der Waals surface area contributed by atoms with Crippen molar-refractivity contribution < 1.29 is 18.7 Å². The van der Waals surface area contributed by atoms with E-state index in [2.05, 4.69) is 17.1 Å². The second-order valence-corrected chi connectivity index (χ2v) is 8.63. The van der Waals surface area contributed by atoms with Crippen molar-refractivity contribution in [2.45, 2.75) is 20.0 Å². The van der Waals surface area contributed by atoms with Crippen molar-refractivity contribution in [3.8, 4) is 11.5 Å². The smallest absolute Gasteiger partial charge is 0.307 e. The number of ether oxygens (including phenoxy) is 2. The van der Waals surface area contributed by atoms with Crippen molar-refractivity contribution in [1.82, 2.24) is 5.43 Å². The molecule has 1 aromatic heterocycles. The second kappa shape index (κ2) is 11.8. The normalized spacial score (nSPS) is 11.1. The molecule has 0 saturated heterocycles. The van der Waals surface area contributed by atoms with E-state index in [-0.39, 0.29) is 12.4 Å². The summed E-state index contributed by atoms with van der Waals surface area (Å²) in [6.45, 7) is 6.47. The van der Waals surface area contributed by atoms with Gasteiger partial charge in [-0.2, -0.15) is 5.10 Å². The molecule has 0 unspecified atom stereocenters. The van der Waals surface area contributed by atoms with Crippen LogP contribution in [0.15, 0.2) is 82.8 Å². The number of allylic oxidation sites excluding steroid dienone is 1. The van der Waals surface area contributed by atoms with E-state index in [1.54, 1.807) is 42.6 Å². The van der Waals surface area contributed by atoms with Crippen LogP contribution >= 0.6 is 23.2 Å². The summed E-state index contributed by atoms with van der Waals surface area (Å²) >= 11 is 12.1. The van der Waals surface area contributed by atoms with Crippen LogP contribution < -0.4 is 14.9 Å². The van der Waals surface area contributed by atoms with E-state index >= 15 is 0 Å². The number of carbonyl (C=O) groups is 1. The fourth-order valence-corrected chi connectivity index (χ4v) is 3.91. The molecule has 8 heteroatoms. The van der Waals surface area contributed by atoms with Gasteiger partial charge in [-0.25, -0.2) is 5.43 Å². The molecule has 0 radical (unpaired) electrons. The molecular formula is C28H24Cl2N2O4. The van der Waals surface area contributed by atoms with E-state index in [1.165, 1.54) is 0 Å². The molecule has 184 valence electrons. The maximum Gasteiger partial charge on any atom is 0.307 e. The average Bonchev–Trinajstić information content (AvgIpc) is 3.30. The highest BCUT2D eigenvalue weighted by Crippen LogP contribution is 2.34. The first kappa shape index (κ1) is 25.4. The monoisotopic (exact) mass is 522 g/mol. The zero-order valence-corrected chi connectivity index (χ0v) is 21.1. The number of rotatable bonds is 10. The van der Waals surface area contributed by atoms with Crippen molar-refractivity contribution in [2.24, 2.45) is 5.10 Å².